The van der Waals surface area contributed by atoms with Gasteiger partial charge in [0.1, 0.15) is 0 Å². The van der Waals surface area contributed by atoms with E-state index in [2.05, 4.69) is 30.2 Å². The van der Waals surface area contributed by atoms with E-state index in [1.165, 1.54) is 30.5 Å². The van der Waals surface area contributed by atoms with Crippen LogP contribution in [0.25, 0.3) is 0 Å². The third-order valence-corrected chi connectivity index (χ3v) is 3.09. The molecule has 1 heterocycles. The number of nitrogens with zero attached hydrogens (tertiary/aromatic N) is 1. The second-order valence-corrected chi connectivity index (χ2v) is 4.45. The Hall–Kier alpha value is -1.05. The molecule has 0 bridgehead atoms. The maximum atomic E-state index is 4.14. The lowest BCUT2D eigenvalue weighted by Crippen LogP contribution is -2.16. The largest absolute Gasteiger partial charge is 0.381 e. The van der Waals surface area contributed by atoms with Crippen molar-refractivity contribution in [3.05, 3.63) is 24.0 Å². The lowest BCUT2D eigenvalue weighted by Gasteiger charge is -2.15. The van der Waals surface area contributed by atoms with Crippen LogP contribution in [0.15, 0.2) is 18.5 Å². The van der Waals surface area contributed by atoms with Gasteiger partial charge in [0.2, 0.25) is 0 Å². The predicted octanol–water partition coefficient (Wildman–Crippen LogP) is 2.99. The van der Waals surface area contributed by atoms with E-state index >= 15 is 0 Å². The number of pyridine rings is 1. The summed E-state index contributed by atoms with van der Waals surface area (Å²) in [5.74, 6) is 0.879. The van der Waals surface area contributed by atoms with Crippen molar-refractivity contribution in [2.24, 2.45) is 5.92 Å². The normalized spacial score (nSPS) is 26.4. The van der Waals surface area contributed by atoms with Crippen LogP contribution in [-0.4, -0.2) is 11.0 Å². The molecule has 2 atom stereocenters. The van der Waals surface area contributed by atoms with Crippen LogP contribution in [0, 0.1) is 12.8 Å². The van der Waals surface area contributed by atoms with Gasteiger partial charge in [0.25, 0.3) is 0 Å². The molecule has 0 amide bonds. The Labute approximate surface area is 85.7 Å². The van der Waals surface area contributed by atoms with E-state index in [1.54, 1.807) is 0 Å². The van der Waals surface area contributed by atoms with Crippen LogP contribution in [0.3, 0.4) is 0 Å². The number of anilines is 1. The van der Waals surface area contributed by atoms with Crippen molar-refractivity contribution < 1.29 is 0 Å². The van der Waals surface area contributed by atoms with Crippen LogP contribution in [0.2, 0.25) is 0 Å². The summed E-state index contributed by atoms with van der Waals surface area (Å²) in [5.41, 5.74) is 2.49. The van der Waals surface area contributed by atoms with Gasteiger partial charge in [-0.1, -0.05) is 6.92 Å². The first-order valence-electron chi connectivity index (χ1n) is 5.43. The van der Waals surface area contributed by atoms with Crippen molar-refractivity contribution in [3.63, 3.8) is 0 Å². The highest BCUT2D eigenvalue weighted by molar-refractivity contribution is 5.48. The molecule has 1 N–H and O–H groups in total. The van der Waals surface area contributed by atoms with E-state index in [0.717, 1.165) is 5.92 Å². The van der Waals surface area contributed by atoms with Gasteiger partial charge < -0.3 is 5.32 Å². The minimum Gasteiger partial charge on any atom is -0.381 e. The van der Waals surface area contributed by atoms with Crippen molar-refractivity contribution in [1.82, 2.24) is 4.98 Å². The molecule has 1 aromatic rings. The Kier molecular flexibility index (Phi) is 2.71. The fraction of sp³-hybridized carbons (Fsp3) is 0.583. The first-order valence-corrected chi connectivity index (χ1v) is 5.43. The maximum Gasteiger partial charge on any atom is 0.0558 e. The van der Waals surface area contributed by atoms with E-state index in [-0.39, 0.29) is 0 Å². The second kappa shape index (κ2) is 3.99. The molecule has 0 spiro atoms. The fourth-order valence-corrected chi connectivity index (χ4v) is 2.17. The smallest absolute Gasteiger partial charge is 0.0558 e. The van der Waals surface area contributed by atoms with Crippen LogP contribution < -0.4 is 5.32 Å². The van der Waals surface area contributed by atoms with Crippen molar-refractivity contribution in [1.29, 1.82) is 0 Å². The highest BCUT2D eigenvalue weighted by Gasteiger charge is 2.21. The van der Waals surface area contributed by atoms with Crippen LogP contribution in [0.1, 0.15) is 31.7 Å². The molecule has 1 aliphatic rings. The zero-order valence-electron chi connectivity index (χ0n) is 8.96. The molecule has 2 rings (SSSR count). The van der Waals surface area contributed by atoms with Crippen molar-refractivity contribution >= 4 is 5.69 Å². The van der Waals surface area contributed by atoms with E-state index in [0.29, 0.717) is 6.04 Å². The van der Waals surface area contributed by atoms with Crippen molar-refractivity contribution in [2.75, 3.05) is 5.32 Å². The van der Waals surface area contributed by atoms with Crippen LogP contribution in [-0.2, 0) is 0 Å². The van der Waals surface area contributed by atoms with Gasteiger partial charge in [0, 0.05) is 12.2 Å². The van der Waals surface area contributed by atoms with Gasteiger partial charge >= 0.3 is 0 Å². The Morgan fingerprint density at radius 3 is 2.93 bits per heavy atom. The molecule has 0 saturated heterocycles. The summed E-state index contributed by atoms with van der Waals surface area (Å²) in [6, 6.07) is 2.72. The van der Waals surface area contributed by atoms with Gasteiger partial charge in [-0.3, -0.25) is 4.98 Å². The number of aromatic nitrogens is 1. The van der Waals surface area contributed by atoms with E-state index < -0.39 is 0 Å². The molecule has 0 aliphatic heterocycles. The average Bonchev–Trinajstić information content (AvgIpc) is 2.56. The Balaban J connectivity index is 2.01. The van der Waals surface area contributed by atoms with Crippen LogP contribution in [0.4, 0.5) is 5.69 Å². The molecule has 2 heteroatoms. The third-order valence-electron chi connectivity index (χ3n) is 3.09. The quantitative estimate of drug-likeness (QED) is 0.775. The number of hydrogen-bond donors (Lipinski definition) is 1. The van der Waals surface area contributed by atoms with Gasteiger partial charge in [-0.25, -0.2) is 0 Å². The summed E-state index contributed by atoms with van der Waals surface area (Å²) in [5, 5.41) is 3.58. The highest BCUT2D eigenvalue weighted by atomic mass is 14.9. The molecule has 1 fully saturated rings. The predicted molar refractivity (Wildman–Crippen MR) is 59.4 cm³/mol. The molecular formula is C12H18N2. The summed E-state index contributed by atoms with van der Waals surface area (Å²) < 4.78 is 0. The Morgan fingerprint density at radius 2 is 2.29 bits per heavy atom. The van der Waals surface area contributed by atoms with Crippen molar-refractivity contribution in [3.8, 4) is 0 Å². The number of nitrogens with one attached hydrogen (secondary N) is 1. The van der Waals surface area contributed by atoms with Gasteiger partial charge in [-0.05, 0) is 43.7 Å². The molecule has 76 valence electrons. The number of aryl methyl sites for hydroxylation is 1. The Bertz CT molecular complexity index is 309. The molecular weight excluding hydrogens is 172 g/mol. The molecule has 14 heavy (non-hydrogen) atoms. The van der Waals surface area contributed by atoms with Crippen LogP contribution in [0.5, 0.6) is 0 Å². The van der Waals surface area contributed by atoms with Gasteiger partial charge in [-0.15, -0.1) is 0 Å². The van der Waals surface area contributed by atoms with E-state index in [4.69, 9.17) is 0 Å². The standard InChI is InChI=1S/C12H18N2/c1-9-3-4-11(7-9)14-12-8-13-6-5-10(12)2/h5-6,8-9,11,14H,3-4,7H2,1-2H3/t9-,11-/m1/s1. The monoisotopic (exact) mass is 190 g/mol. The Morgan fingerprint density at radius 1 is 1.43 bits per heavy atom. The molecule has 1 aliphatic carbocycles. The maximum absolute atomic E-state index is 4.14. The second-order valence-electron chi connectivity index (χ2n) is 4.45. The zero-order chi connectivity index (χ0) is 9.97. The first-order chi connectivity index (χ1) is 6.75. The summed E-state index contributed by atoms with van der Waals surface area (Å²) >= 11 is 0. The fourth-order valence-electron chi connectivity index (χ4n) is 2.17. The summed E-state index contributed by atoms with van der Waals surface area (Å²) in [7, 11) is 0. The first kappa shape index (κ1) is 9.50. The SMILES string of the molecule is Cc1ccncc1N[C@@H]1CC[C@@H](C)C1. The minimum absolute atomic E-state index is 0.660. The topological polar surface area (TPSA) is 24.9 Å². The van der Waals surface area contributed by atoms with Gasteiger partial charge in [-0.2, -0.15) is 0 Å². The van der Waals surface area contributed by atoms with Crippen molar-refractivity contribution in [2.45, 2.75) is 39.2 Å². The molecule has 0 unspecified atom stereocenters. The average molecular weight is 190 g/mol. The molecule has 0 radical (unpaired) electrons. The summed E-state index contributed by atoms with van der Waals surface area (Å²) in [6.45, 7) is 4.46. The van der Waals surface area contributed by atoms with E-state index in [9.17, 15) is 0 Å². The molecule has 2 nitrogen and oxygen atoms in total. The summed E-state index contributed by atoms with van der Waals surface area (Å²) in [4.78, 5) is 4.14. The lowest BCUT2D eigenvalue weighted by molar-refractivity contribution is 0.602. The number of hydrogen-bond acceptors (Lipinski definition) is 2. The third kappa shape index (κ3) is 2.06. The number of rotatable bonds is 2. The van der Waals surface area contributed by atoms with Gasteiger partial charge in [0.05, 0.1) is 11.9 Å². The molecule has 1 saturated carbocycles. The van der Waals surface area contributed by atoms with E-state index in [1.807, 2.05) is 12.4 Å². The minimum atomic E-state index is 0.660. The summed E-state index contributed by atoms with van der Waals surface area (Å²) in [6.07, 6.45) is 7.73. The highest BCUT2D eigenvalue weighted by Crippen LogP contribution is 2.27. The molecule has 0 aromatic carbocycles. The van der Waals surface area contributed by atoms with Crippen LogP contribution >= 0.6 is 0 Å². The lowest BCUT2D eigenvalue weighted by atomic mass is 10.1. The van der Waals surface area contributed by atoms with Gasteiger partial charge in [0.15, 0.2) is 0 Å². The molecule has 1 aromatic heterocycles. The zero-order valence-corrected chi connectivity index (χ0v) is 8.96.